The van der Waals surface area contributed by atoms with Crippen LogP contribution in [0.1, 0.15) is 0 Å². The number of ether oxygens (including phenoxy) is 1. The van der Waals surface area contributed by atoms with E-state index >= 15 is 0 Å². The SMILES string of the molecule is COc1ccc(-c2c3cc(Cl)ccc3nc3c2c(=O)oc2ccccc23)cc1. The van der Waals surface area contributed by atoms with Crippen LogP contribution in [0.3, 0.4) is 0 Å². The number of nitrogens with zero attached hydrogens (tertiary/aromatic N) is 1. The van der Waals surface area contributed by atoms with Crippen LogP contribution in [0.5, 0.6) is 5.75 Å². The standard InChI is InChI=1S/C23H14ClNO3/c1-27-15-9-6-13(7-10-15)20-17-12-14(24)8-11-18(17)25-22-16-4-2-3-5-19(16)28-23(26)21(20)22/h2-12H,1H3. The maximum Gasteiger partial charge on any atom is 0.346 e. The molecule has 0 saturated heterocycles. The summed E-state index contributed by atoms with van der Waals surface area (Å²) in [6.45, 7) is 0. The van der Waals surface area contributed by atoms with Crippen molar-refractivity contribution in [3.8, 4) is 16.9 Å². The van der Waals surface area contributed by atoms with E-state index in [-0.39, 0.29) is 0 Å². The molecule has 0 aliphatic rings. The molecule has 2 heterocycles. The van der Waals surface area contributed by atoms with Crippen molar-refractivity contribution in [2.45, 2.75) is 0 Å². The fourth-order valence-corrected chi connectivity index (χ4v) is 3.76. The third-order valence-corrected chi connectivity index (χ3v) is 5.11. The van der Waals surface area contributed by atoms with Gasteiger partial charge in [-0.2, -0.15) is 0 Å². The molecule has 136 valence electrons. The summed E-state index contributed by atoms with van der Waals surface area (Å²) in [5, 5.41) is 2.61. The van der Waals surface area contributed by atoms with E-state index in [4.69, 9.17) is 25.7 Å². The van der Waals surface area contributed by atoms with E-state index in [1.54, 1.807) is 19.2 Å². The summed E-state index contributed by atoms with van der Waals surface area (Å²) in [6, 6.07) is 20.5. The first kappa shape index (κ1) is 16.8. The van der Waals surface area contributed by atoms with Crippen LogP contribution in [-0.4, -0.2) is 12.1 Å². The van der Waals surface area contributed by atoms with Crippen molar-refractivity contribution in [1.82, 2.24) is 4.98 Å². The summed E-state index contributed by atoms with van der Waals surface area (Å²) >= 11 is 6.26. The molecule has 28 heavy (non-hydrogen) atoms. The van der Waals surface area contributed by atoms with Gasteiger partial charge < -0.3 is 9.15 Å². The van der Waals surface area contributed by atoms with Gasteiger partial charge in [-0.05, 0) is 48.0 Å². The van der Waals surface area contributed by atoms with Gasteiger partial charge in [0.2, 0.25) is 0 Å². The van der Waals surface area contributed by atoms with Crippen LogP contribution in [-0.2, 0) is 0 Å². The molecule has 0 bridgehead atoms. The summed E-state index contributed by atoms with van der Waals surface area (Å²) < 4.78 is 10.9. The first-order valence-corrected chi connectivity index (χ1v) is 9.13. The molecule has 0 aliphatic heterocycles. The molecule has 5 aromatic rings. The molecule has 0 aliphatic carbocycles. The second kappa shape index (κ2) is 6.36. The zero-order valence-electron chi connectivity index (χ0n) is 14.9. The topological polar surface area (TPSA) is 52.3 Å². The molecule has 0 N–H and O–H groups in total. The van der Waals surface area contributed by atoms with Crippen molar-refractivity contribution >= 4 is 44.4 Å². The lowest BCUT2D eigenvalue weighted by molar-refractivity contribution is 0.415. The van der Waals surface area contributed by atoms with Crippen LogP contribution >= 0.6 is 11.6 Å². The molecule has 0 atom stereocenters. The minimum atomic E-state index is -0.422. The lowest BCUT2D eigenvalue weighted by Crippen LogP contribution is -2.04. The minimum Gasteiger partial charge on any atom is -0.497 e. The number of hydrogen-bond donors (Lipinski definition) is 0. The molecule has 0 fully saturated rings. The Morgan fingerprint density at radius 3 is 2.54 bits per heavy atom. The number of fused-ring (bicyclic) bond motifs is 4. The third-order valence-electron chi connectivity index (χ3n) is 4.87. The highest BCUT2D eigenvalue weighted by Crippen LogP contribution is 2.37. The summed E-state index contributed by atoms with van der Waals surface area (Å²) in [6.07, 6.45) is 0. The Bertz CT molecular complexity index is 1420. The Morgan fingerprint density at radius 1 is 0.964 bits per heavy atom. The van der Waals surface area contributed by atoms with Gasteiger partial charge in [0.15, 0.2) is 0 Å². The predicted molar refractivity (Wildman–Crippen MR) is 112 cm³/mol. The second-order valence-corrected chi connectivity index (χ2v) is 6.92. The number of benzene rings is 3. The maximum absolute atomic E-state index is 13.0. The van der Waals surface area contributed by atoms with Crippen LogP contribution in [0.25, 0.3) is 43.9 Å². The quantitative estimate of drug-likeness (QED) is 0.217. The highest BCUT2D eigenvalue weighted by atomic mass is 35.5. The molecule has 0 saturated carbocycles. The lowest BCUT2D eigenvalue weighted by atomic mass is 9.96. The van der Waals surface area contributed by atoms with Gasteiger partial charge in [-0.1, -0.05) is 35.9 Å². The number of aromatic nitrogens is 1. The third kappa shape index (κ3) is 2.53. The molecule has 3 aromatic carbocycles. The fraction of sp³-hybridized carbons (Fsp3) is 0.0435. The van der Waals surface area contributed by atoms with Gasteiger partial charge in [-0.15, -0.1) is 0 Å². The summed E-state index contributed by atoms with van der Waals surface area (Å²) in [7, 11) is 1.62. The van der Waals surface area contributed by atoms with Gasteiger partial charge in [0.1, 0.15) is 11.3 Å². The number of hydrogen-bond acceptors (Lipinski definition) is 4. The van der Waals surface area contributed by atoms with Crippen molar-refractivity contribution in [1.29, 1.82) is 0 Å². The average Bonchev–Trinajstić information content (AvgIpc) is 2.72. The Labute approximate surface area is 165 Å². The molecule has 0 unspecified atom stereocenters. The molecule has 5 heteroatoms. The molecule has 0 radical (unpaired) electrons. The van der Waals surface area contributed by atoms with E-state index in [0.29, 0.717) is 21.5 Å². The average molecular weight is 388 g/mol. The Hall–Kier alpha value is -3.37. The Morgan fingerprint density at radius 2 is 1.75 bits per heavy atom. The Balaban J connectivity index is 2.03. The number of halogens is 1. The number of para-hydroxylation sites is 1. The molecule has 0 amide bonds. The van der Waals surface area contributed by atoms with Gasteiger partial charge in [-0.3, -0.25) is 0 Å². The van der Waals surface area contributed by atoms with Crippen LogP contribution in [0, 0.1) is 0 Å². The molecular weight excluding hydrogens is 374 g/mol. The normalized spacial score (nSPS) is 11.4. The van der Waals surface area contributed by atoms with Crippen LogP contribution in [0.4, 0.5) is 0 Å². The monoisotopic (exact) mass is 387 g/mol. The summed E-state index contributed by atoms with van der Waals surface area (Å²) in [4.78, 5) is 17.8. The van der Waals surface area contributed by atoms with Crippen molar-refractivity contribution in [2.75, 3.05) is 7.11 Å². The molecule has 0 spiro atoms. The Kier molecular flexibility index (Phi) is 3.81. The van der Waals surface area contributed by atoms with Crippen molar-refractivity contribution < 1.29 is 9.15 Å². The molecule has 4 nitrogen and oxygen atoms in total. The van der Waals surface area contributed by atoms with E-state index in [2.05, 4.69) is 0 Å². The summed E-state index contributed by atoms with van der Waals surface area (Å²) in [5.74, 6) is 0.738. The summed E-state index contributed by atoms with van der Waals surface area (Å²) in [5.41, 5.74) is 3.09. The van der Waals surface area contributed by atoms with Crippen molar-refractivity contribution in [3.05, 3.63) is 82.2 Å². The number of rotatable bonds is 2. The van der Waals surface area contributed by atoms with E-state index in [0.717, 1.165) is 33.2 Å². The van der Waals surface area contributed by atoms with E-state index in [9.17, 15) is 4.79 Å². The van der Waals surface area contributed by atoms with E-state index in [1.165, 1.54) is 0 Å². The zero-order chi connectivity index (χ0) is 19.3. The number of pyridine rings is 1. The van der Waals surface area contributed by atoms with Gasteiger partial charge in [0.25, 0.3) is 0 Å². The molecule has 5 rings (SSSR count). The number of methoxy groups -OCH3 is 1. The first-order chi connectivity index (χ1) is 13.7. The van der Waals surface area contributed by atoms with Crippen molar-refractivity contribution in [2.24, 2.45) is 0 Å². The first-order valence-electron chi connectivity index (χ1n) is 8.75. The van der Waals surface area contributed by atoms with Gasteiger partial charge in [0, 0.05) is 21.4 Å². The van der Waals surface area contributed by atoms with Crippen molar-refractivity contribution in [3.63, 3.8) is 0 Å². The highest BCUT2D eigenvalue weighted by molar-refractivity contribution is 6.31. The lowest BCUT2D eigenvalue weighted by Gasteiger charge is -2.12. The van der Waals surface area contributed by atoms with E-state index < -0.39 is 5.63 Å². The van der Waals surface area contributed by atoms with Gasteiger partial charge in [-0.25, -0.2) is 9.78 Å². The van der Waals surface area contributed by atoms with Gasteiger partial charge >= 0.3 is 5.63 Å². The highest BCUT2D eigenvalue weighted by Gasteiger charge is 2.18. The smallest absolute Gasteiger partial charge is 0.346 e. The molecular formula is C23H14ClNO3. The fourth-order valence-electron chi connectivity index (χ4n) is 3.59. The minimum absolute atomic E-state index is 0.422. The largest absolute Gasteiger partial charge is 0.497 e. The predicted octanol–water partition coefficient (Wildman–Crippen LogP) is 5.82. The molecule has 2 aromatic heterocycles. The van der Waals surface area contributed by atoms with Crippen LogP contribution < -0.4 is 10.4 Å². The zero-order valence-corrected chi connectivity index (χ0v) is 15.7. The van der Waals surface area contributed by atoms with Crippen LogP contribution in [0.2, 0.25) is 5.02 Å². The second-order valence-electron chi connectivity index (χ2n) is 6.49. The van der Waals surface area contributed by atoms with Crippen LogP contribution in [0.15, 0.2) is 75.9 Å². The van der Waals surface area contributed by atoms with E-state index in [1.807, 2.05) is 54.6 Å². The maximum atomic E-state index is 13.0. The van der Waals surface area contributed by atoms with Gasteiger partial charge in [0.05, 0.1) is 23.5 Å².